The Morgan fingerprint density at radius 3 is 2.62 bits per heavy atom. The smallest absolute Gasteiger partial charge is 0.335 e. The Hall–Kier alpha value is -2.90. The summed E-state index contributed by atoms with van der Waals surface area (Å²) in [5, 5.41) is 10.9. The van der Waals surface area contributed by atoms with Crippen LogP contribution < -0.4 is 4.74 Å². The highest BCUT2D eigenvalue weighted by Crippen LogP contribution is 2.49. The average Bonchev–Trinajstić information content (AvgIpc) is 3.16. The van der Waals surface area contributed by atoms with Crippen molar-refractivity contribution in [1.82, 2.24) is 14.4 Å². The van der Waals surface area contributed by atoms with Crippen LogP contribution in [0.5, 0.6) is 5.75 Å². The van der Waals surface area contributed by atoms with Crippen LogP contribution in [0.1, 0.15) is 53.9 Å². The van der Waals surface area contributed by atoms with Crippen LogP contribution >= 0.6 is 0 Å². The number of benzene rings is 2. The maximum Gasteiger partial charge on any atom is 0.335 e. The van der Waals surface area contributed by atoms with Crippen molar-refractivity contribution in [2.75, 3.05) is 46.9 Å². The summed E-state index contributed by atoms with van der Waals surface area (Å²) in [4.78, 5) is 16.6. The third-order valence-electron chi connectivity index (χ3n) is 8.57. The molecule has 1 aliphatic carbocycles. The number of ether oxygens (including phenoxy) is 1. The Bertz CT molecular complexity index is 1340. The van der Waals surface area contributed by atoms with Gasteiger partial charge in [-0.1, -0.05) is 25.3 Å². The van der Waals surface area contributed by atoms with Crippen LogP contribution in [0.15, 0.2) is 36.4 Å². The molecule has 196 valence electrons. The van der Waals surface area contributed by atoms with Gasteiger partial charge in [-0.3, -0.25) is 0 Å². The lowest BCUT2D eigenvalue weighted by atomic mass is 9.79. The summed E-state index contributed by atoms with van der Waals surface area (Å²) < 4.78 is 23.2. The number of carbonyl (C=O) groups is 1. The quantitative estimate of drug-likeness (QED) is 0.500. The molecule has 2 aliphatic heterocycles. The molecule has 37 heavy (non-hydrogen) atoms. The molecular formula is C30H36FN3O3. The molecule has 0 unspecified atom stereocenters. The van der Waals surface area contributed by atoms with Crippen molar-refractivity contribution in [2.24, 2.45) is 5.41 Å². The zero-order valence-electron chi connectivity index (χ0n) is 21.8. The van der Waals surface area contributed by atoms with Gasteiger partial charge in [-0.15, -0.1) is 0 Å². The summed E-state index contributed by atoms with van der Waals surface area (Å²) >= 11 is 0. The van der Waals surface area contributed by atoms with E-state index in [-0.39, 0.29) is 11.2 Å². The van der Waals surface area contributed by atoms with Gasteiger partial charge in [0.05, 0.1) is 17.9 Å². The van der Waals surface area contributed by atoms with Crippen LogP contribution in [-0.2, 0) is 6.54 Å². The average molecular weight is 506 g/mol. The van der Waals surface area contributed by atoms with Gasteiger partial charge in [0.15, 0.2) is 0 Å². The molecule has 6 rings (SSSR count). The third kappa shape index (κ3) is 4.42. The van der Waals surface area contributed by atoms with E-state index in [1.54, 1.807) is 6.07 Å². The molecule has 1 spiro atoms. The van der Waals surface area contributed by atoms with Crippen molar-refractivity contribution < 1.29 is 19.0 Å². The van der Waals surface area contributed by atoms with Crippen LogP contribution in [0.3, 0.4) is 0 Å². The Morgan fingerprint density at radius 1 is 1.11 bits per heavy atom. The van der Waals surface area contributed by atoms with E-state index in [0.29, 0.717) is 23.8 Å². The molecule has 0 radical (unpaired) electrons. The molecule has 3 aliphatic rings. The molecule has 1 saturated carbocycles. The molecule has 1 aromatic heterocycles. The van der Waals surface area contributed by atoms with Gasteiger partial charge in [0, 0.05) is 60.7 Å². The number of nitrogens with zero attached hydrogens (tertiary/aromatic N) is 3. The lowest BCUT2D eigenvalue weighted by Crippen LogP contribution is -2.62. The number of hydrogen-bond acceptors (Lipinski definition) is 4. The van der Waals surface area contributed by atoms with E-state index in [1.807, 2.05) is 18.2 Å². The number of aromatic carboxylic acids is 1. The second-order valence-electron chi connectivity index (χ2n) is 11.7. The number of carboxylic acid groups (broad SMARTS) is 1. The number of halogens is 1. The minimum absolute atomic E-state index is 0.111. The highest BCUT2D eigenvalue weighted by molar-refractivity contribution is 5.98. The second kappa shape index (κ2) is 9.44. The first kappa shape index (κ1) is 24.4. The SMILES string of the molecule is CN(C)CCN1CC2(COc3cc(F)ccc3-c3c(C4CCCCC4)c4ccc(C(=O)O)cc4n3C2)C1. The predicted octanol–water partition coefficient (Wildman–Crippen LogP) is 5.45. The topological polar surface area (TPSA) is 57.9 Å². The van der Waals surface area contributed by atoms with Gasteiger partial charge in [0.2, 0.25) is 0 Å². The van der Waals surface area contributed by atoms with E-state index < -0.39 is 5.97 Å². The molecule has 1 saturated heterocycles. The Kier molecular flexibility index (Phi) is 6.24. The standard InChI is InChI=1S/C30H36FN3O3/c1-32(2)12-13-33-16-30(17-33)18-34-25-14-21(29(35)36)8-10-23(25)27(20-6-4-3-5-7-20)28(34)24-11-9-22(31)15-26(24)37-19-30/h8-11,14-15,20H,3-7,12-13,16-19H2,1-2H3,(H,35,36). The Morgan fingerprint density at radius 2 is 1.89 bits per heavy atom. The summed E-state index contributed by atoms with van der Waals surface area (Å²) in [6.07, 6.45) is 5.88. The fraction of sp³-hybridized carbons (Fsp3) is 0.500. The van der Waals surface area contributed by atoms with E-state index in [1.165, 1.54) is 37.0 Å². The van der Waals surface area contributed by atoms with Crippen molar-refractivity contribution in [3.05, 3.63) is 53.3 Å². The zero-order valence-corrected chi connectivity index (χ0v) is 21.8. The lowest BCUT2D eigenvalue weighted by molar-refractivity contribution is -0.0473. The molecule has 1 N–H and O–H groups in total. The number of hydrogen-bond donors (Lipinski definition) is 1. The minimum atomic E-state index is -0.915. The molecular weight excluding hydrogens is 469 g/mol. The molecule has 0 atom stereocenters. The highest BCUT2D eigenvalue weighted by Gasteiger charge is 2.46. The van der Waals surface area contributed by atoms with Gasteiger partial charge in [0.25, 0.3) is 0 Å². The van der Waals surface area contributed by atoms with E-state index in [2.05, 4.69) is 28.5 Å². The van der Waals surface area contributed by atoms with Crippen LogP contribution in [0, 0.1) is 11.2 Å². The van der Waals surface area contributed by atoms with Gasteiger partial charge in [0.1, 0.15) is 11.6 Å². The third-order valence-corrected chi connectivity index (χ3v) is 8.57. The van der Waals surface area contributed by atoms with Gasteiger partial charge in [-0.25, -0.2) is 9.18 Å². The summed E-state index contributed by atoms with van der Waals surface area (Å²) in [6, 6.07) is 10.5. The molecule has 3 aromatic rings. The molecule has 6 nitrogen and oxygen atoms in total. The molecule has 7 heteroatoms. The molecule has 2 fully saturated rings. The van der Waals surface area contributed by atoms with E-state index in [0.717, 1.165) is 67.7 Å². The summed E-state index contributed by atoms with van der Waals surface area (Å²) in [7, 11) is 4.18. The van der Waals surface area contributed by atoms with E-state index in [4.69, 9.17) is 4.74 Å². The van der Waals surface area contributed by atoms with Gasteiger partial charge >= 0.3 is 5.97 Å². The highest BCUT2D eigenvalue weighted by atomic mass is 19.1. The van der Waals surface area contributed by atoms with Crippen molar-refractivity contribution in [1.29, 1.82) is 0 Å². The van der Waals surface area contributed by atoms with Gasteiger partial charge in [-0.2, -0.15) is 0 Å². The van der Waals surface area contributed by atoms with E-state index in [9.17, 15) is 14.3 Å². The minimum Gasteiger partial charge on any atom is -0.492 e. The maximum absolute atomic E-state index is 14.5. The summed E-state index contributed by atoms with van der Waals surface area (Å²) in [6.45, 7) is 5.07. The Labute approximate surface area is 217 Å². The zero-order chi connectivity index (χ0) is 25.7. The first-order valence-electron chi connectivity index (χ1n) is 13.5. The van der Waals surface area contributed by atoms with Crippen molar-refractivity contribution in [3.63, 3.8) is 0 Å². The monoisotopic (exact) mass is 505 g/mol. The van der Waals surface area contributed by atoms with Crippen molar-refractivity contribution >= 4 is 16.9 Å². The largest absolute Gasteiger partial charge is 0.492 e. The number of rotatable bonds is 5. The summed E-state index contributed by atoms with van der Waals surface area (Å²) in [5.41, 5.74) is 4.44. The fourth-order valence-corrected chi connectivity index (χ4v) is 6.78. The Balaban J connectivity index is 1.53. The second-order valence-corrected chi connectivity index (χ2v) is 11.7. The van der Waals surface area contributed by atoms with Gasteiger partial charge < -0.3 is 24.2 Å². The number of aromatic nitrogens is 1. The fourth-order valence-electron chi connectivity index (χ4n) is 6.78. The van der Waals surface area contributed by atoms with Gasteiger partial charge in [-0.05, 0) is 62.7 Å². The molecule has 0 bridgehead atoms. The number of carboxylic acids is 1. The number of likely N-dealkylation sites (N-methyl/N-ethyl adjacent to an activating group) is 1. The molecule has 2 aromatic carbocycles. The van der Waals surface area contributed by atoms with Crippen molar-refractivity contribution in [2.45, 2.75) is 44.6 Å². The van der Waals surface area contributed by atoms with Crippen LogP contribution in [0.2, 0.25) is 0 Å². The van der Waals surface area contributed by atoms with E-state index >= 15 is 0 Å². The van der Waals surface area contributed by atoms with Crippen molar-refractivity contribution in [3.8, 4) is 17.0 Å². The van der Waals surface area contributed by atoms with Crippen LogP contribution in [0.4, 0.5) is 4.39 Å². The normalized spacial score (nSPS) is 19.7. The maximum atomic E-state index is 14.5. The van der Waals surface area contributed by atoms with Crippen LogP contribution in [0.25, 0.3) is 22.2 Å². The first-order valence-corrected chi connectivity index (χ1v) is 13.5. The number of likely N-dealkylation sites (tertiary alicyclic amines) is 1. The molecule has 0 amide bonds. The lowest BCUT2D eigenvalue weighted by Gasteiger charge is -2.51. The van der Waals surface area contributed by atoms with Crippen LogP contribution in [-0.4, -0.2) is 72.3 Å². The first-order chi connectivity index (χ1) is 17.8. The predicted molar refractivity (Wildman–Crippen MR) is 143 cm³/mol. The number of fused-ring (bicyclic) bond motifs is 5. The molecule has 3 heterocycles. The summed E-state index contributed by atoms with van der Waals surface area (Å²) in [5.74, 6) is -0.231.